The lowest BCUT2D eigenvalue weighted by Gasteiger charge is -2.34. The fraction of sp³-hybridized carbons (Fsp3) is 0.577. The quantitative estimate of drug-likeness (QED) is 0.621. The van der Waals surface area contributed by atoms with Gasteiger partial charge in [-0.15, -0.1) is 0 Å². The Hall–Kier alpha value is -2.45. The lowest BCUT2D eigenvalue weighted by atomic mass is 9.97. The number of hydrogen-bond acceptors (Lipinski definition) is 6. The molecule has 2 amide bonds. The van der Waals surface area contributed by atoms with Crippen LogP contribution in [0.1, 0.15) is 54.8 Å². The van der Waals surface area contributed by atoms with E-state index in [9.17, 15) is 9.59 Å². The number of carbonyl (C=O) groups is 2. The van der Waals surface area contributed by atoms with E-state index in [1.54, 1.807) is 6.20 Å². The van der Waals surface area contributed by atoms with Gasteiger partial charge < -0.3 is 15.1 Å². The number of carbonyl (C=O) groups excluding carboxylic acids is 2. The third-order valence-electron chi connectivity index (χ3n) is 7.01. The van der Waals surface area contributed by atoms with Crippen LogP contribution < -0.4 is 10.2 Å². The first-order valence-corrected chi connectivity index (χ1v) is 13.5. The number of thiazole rings is 1. The van der Waals surface area contributed by atoms with Crippen molar-refractivity contribution in [1.82, 2.24) is 20.1 Å². The molecule has 2 aliphatic heterocycles. The van der Waals surface area contributed by atoms with Crippen LogP contribution in [0.15, 0.2) is 36.5 Å². The van der Waals surface area contributed by atoms with Gasteiger partial charge in [-0.3, -0.25) is 14.5 Å². The smallest absolute Gasteiger partial charge is 0.263 e. The zero-order chi connectivity index (χ0) is 23.9. The number of nitrogens with zero attached hydrogens (tertiary/aromatic N) is 4. The zero-order valence-electron chi connectivity index (χ0n) is 20.4. The predicted octanol–water partition coefficient (Wildman–Crippen LogP) is 3.62. The standard InChI is InChI=1S/C26H37N5O2S/c1-3-30(4-2)25(33)21-11-8-14-31(19-21)26-27-17-23(34-26)24(32)28-22-12-15-29(16-13-22)18-20-9-6-5-7-10-20/h5-7,9-10,17,21-22H,3-4,8,11-16,18-19H2,1-2H3,(H,28,32). The summed E-state index contributed by atoms with van der Waals surface area (Å²) in [4.78, 5) is 37.4. The van der Waals surface area contributed by atoms with Crippen LogP contribution in [0.2, 0.25) is 0 Å². The maximum Gasteiger partial charge on any atom is 0.263 e. The molecule has 0 aliphatic carbocycles. The number of hydrogen-bond donors (Lipinski definition) is 1. The summed E-state index contributed by atoms with van der Waals surface area (Å²) in [6.45, 7) is 10.1. The number of amides is 2. The van der Waals surface area contributed by atoms with Crippen LogP contribution in [0.4, 0.5) is 5.13 Å². The van der Waals surface area contributed by atoms with Crippen molar-refractivity contribution >= 4 is 28.3 Å². The van der Waals surface area contributed by atoms with Crippen molar-refractivity contribution in [3.8, 4) is 0 Å². The van der Waals surface area contributed by atoms with Gasteiger partial charge in [0.2, 0.25) is 5.91 Å². The highest BCUT2D eigenvalue weighted by atomic mass is 32.1. The molecule has 3 heterocycles. The summed E-state index contributed by atoms with van der Waals surface area (Å²) in [5.41, 5.74) is 1.33. The van der Waals surface area contributed by atoms with Crippen LogP contribution in [-0.2, 0) is 11.3 Å². The second-order valence-electron chi connectivity index (χ2n) is 9.31. The van der Waals surface area contributed by atoms with Crippen molar-refractivity contribution in [2.75, 3.05) is 44.2 Å². The monoisotopic (exact) mass is 483 g/mol. The highest BCUT2D eigenvalue weighted by Gasteiger charge is 2.30. The average molecular weight is 484 g/mol. The molecule has 0 spiro atoms. The fourth-order valence-electron chi connectivity index (χ4n) is 5.00. The highest BCUT2D eigenvalue weighted by Crippen LogP contribution is 2.28. The number of benzene rings is 1. The van der Waals surface area contributed by atoms with Crippen LogP contribution in [-0.4, -0.2) is 71.9 Å². The molecule has 2 saturated heterocycles. The van der Waals surface area contributed by atoms with Crippen LogP contribution >= 0.6 is 11.3 Å². The molecule has 4 rings (SSSR count). The maximum absolute atomic E-state index is 12.9. The van der Waals surface area contributed by atoms with E-state index in [0.29, 0.717) is 11.4 Å². The third kappa shape index (κ3) is 6.16. The van der Waals surface area contributed by atoms with E-state index in [2.05, 4.69) is 44.4 Å². The Morgan fingerprint density at radius 3 is 2.53 bits per heavy atom. The summed E-state index contributed by atoms with van der Waals surface area (Å²) >= 11 is 1.44. The number of likely N-dealkylation sites (tertiary alicyclic amines) is 1. The molecular weight excluding hydrogens is 446 g/mol. The molecule has 8 heteroatoms. The maximum atomic E-state index is 12.9. The predicted molar refractivity (Wildman–Crippen MR) is 137 cm³/mol. The molecule has 0 radical (unpaired) electrons. The molecule has 0 bridgehead atoms. The van der Waals surface area contributed by atoms with Gasteiger partial charge in [-0.1, -0.05) is 41.7 Å². The summed E-state index contributed by atoms with van der Waals surface area (Å²) in [5.74, 6) is 0.219. The second-order valence-corrected chi connectivity index (χ2v) is 10.3. The average Bonchev–Trinajstić information content (AvgIpc) is 3.37. The molecule has 34 heavy (non-hydrogen) atoms. The van der Waals surface area contributed by atoms with Gasteiger partial charge in [-0.25, -0.2) is 4.98 Å². The molecule has 2 aromatic rings. The zero-order valence-corrected chi connectivity index (χ0v) is 21.2. The van der Waals surface area contributed by atoms with E-state index in [1.165, 1.54) is 16.9 Å². The van der Waals surface area contributed by atoms with E-state index >= 15 is 0 Å². The number of anilines is 1. The van der Waals surface area contributed by atoms with E-state index in [4.69, 9.17) is 0 Å². The van der Waals surface area contributed by atoms with Crippen molar-refractivity contribution in [3.63, 3.8) is 0 Å². The molecule has 1 aromatic carbocycles. The first-order chi connectivity index (χ1) is 16.6. The van der Waals surface area contributed by atoms with Crippen LogP contribution in [0, 0.1) is 5.92 Å². The van der Waals surface area contributed by atoms with E-state index in [-0.39, 0.29) is 23.8 Å². The number of nitrogens with one attached hydrogen (secondary N) is 1. The molecule has 7 nitrogen and oxygen atoms in total. The summed E-state index contributed by atoms with van der Waals surface area (Å²) in [5, 5.41) is 4.07. The minimum atomic E-state index is -0.0296. The van der Waals surface area contributed by atoms with E-state index in [0.717, 1.165) is 70.1 Å². The van der Waals surface area contributed by atoms with Gasteiger partial charge in [0.25, 0.3) is 5.91 Å². The van der Waals surface area contributed by atoms with Gasteiger partial charge in [-0.05, 0) is 45.1 Å². The van der Waals surface area contributed by atoms with Gasteiger partial charge in [0.15, 0.2) is 5.13 Å². The molecule has 1 atom stereocenters. The Kier molecular flexibility index (Phi) is 8.56. The SMILES string of the molecule is CCN(CC)C(=O)C1CCCN(c2ncc(C(=O)NC3CCN(Cc4ccccc4)CC3)s2)C1. The topological polar surface area (TPSA) is 68.8 Å². The molecule has 1 unspecified atom stereocenters. The van der Waals surface area contributed by atoms with Gasteiger partial charge in [-0.2, -0.15) is 0 Å². The largest absolute Gasteiger partial charge is 0.348 e. The van der Waals surface area contributed by atoms with E-state index < -0.39 is 0 Å². The second kappa shape index (κ2) is 11.8. The molecule has 1 N–H and O–H groups in total. The van der Waals surface area contributed by atoms with Crippen molar-refractivity contribution < 1.29 is 9.59 Å². The summed E-state index contributed by atoms with van der Waals surface area (Å²) in [7, 11) is 0. The lowest BCUT2D eigenvalue weighted by molar-refractivity contribution is -0.135. The number of rotatable bonds is 8. The number of aromatic nitrogens is 1. The molecule has 2 aliphatic rings. The van der Waals surface area contributed by atoms with E-state index in [1.807, 2.05) is 24.8 Å². The molecule has 2 fully saturated rings. The van der Waals surface area contributed by atoms with Gasteiger partial charge in [0.1, 0.15) is 4.88 Å². The van der Waals surface area contributed by atoms with Crippen molar-refractivity contribution in [2.24, 2.45) is 5.92 Å². The van der Waals surface area contributed by atoms with Crippen molar-refractivity contribution in [3.05, 3.63) is 47.0 Å². The Balaban J connectivity index is 1.27. The molecule has 184 valence electrons. The van der Waals surface area contributed by atoms with Gasteiger partial charge in [0.05, 0.1) is 12.1 Å². The normalized spacial score (nSPS) is 19.7. The molecular formula is C26H37N5O2S. The van der Waals surface area contributed by atoms with Crippen LogP contribution in [0.3, 0.4) is 0 Å². The van der Waals surface area contributed by atoms with Crippen LogP contribution in [0.25, 0.3) is 0 Å². The van der Waals surface area contributed by atoms with Gasteiger partial charge in [0, 0.05) is 51.9 Å². The van der Waals surface area contributed by atoms with Gasteiger partial charge >= 0.3 is 0 Å². The summed E-state index contributed by atoms with van der Waals surface area (Å²) in [6.07, 6.45) is 5.51. The minimum absolute atomic E-state index is 0.0101. The Labute approximate surface area is 207 Å². The lowest BCUT2D eigenvalue weighted by Crippen LogP contribution is -2.44. The first-order valence-electron chi connectivity index (χ1n) is 12.6. The highest BCUT2D eigenvalue weighted by molar-refractivity contribution is 7.17. The minimum Gasteiger partial charge on any atom is -0.348 e. The summed E-state index contributed by atoms with van der Waals surface area (Å²) in [6, 6.07) is 10.7. The summed E-state index contributed by atoms with van der Waals surface area (Å²) < 4.78 is 0. The Morgan fingerprint density at radius 2 is 1.82 bits per heavy atom. The first kappa shape index (κ1) is 24.7. The number of piperidine rings is 2. The Bertz CT molecular complexity index is 938. The fourth-order valence-corrected chi connectivity index (χ4v) is 5.85. The van der Waals surface area contributed by atoms with Crippen molar-refractivity contribution in [1.29, 1.82) is 0 Å². The van der Waals surface area contributed by atoms with Crippen molar-refractivity contribution in [2.45, 2.75) is 52.1 Å². The Morgan fingerprint density at radius 1 is 1.09 bits per heavy atom. The molecule has 0 saturated carbocycles. The third-order valence-corrected chi connectivity index (χ3v) is 8.06. The molecule has 1 aromatic heterocycles. The van der Waals surface area contributed by atoms with Crippen LogP contribution in [0.5, 0.6) is 0 Å².